The van der Waals surface area contributed by atoms with Crippen molar-refractivity contribution in [3.8, 4) is 0 Å². The number of benzene rings is 1. The van der Waals surface area contributed by atoms with E-state index in [1.165, 1.54) is 10.9 Å². The van der Waals surface area contributed by atoms with Crippen LogP contribution in [0.4, 0.5) is 0 Å². The van der Waals surface area contributed by atoms with Crippen molar-refractivity contribution in [1.82, 2.24) is 14.9 Å². The van der Waals surface area contributed by atoms with Crippen LogP contribution in [0.3, 0.4) is 0 Å². The van der Waals surface area contributed by atoms with Crippen LogP contribution in [0, 0.1) is 5.92 Å². The number of nitrogens with one attached hydrogen (secondary N) is 1. The average Bonchev–Trinajstić information content (AvgIpc) is 3.18. The summed E-state index contributed by atoms with van der Waals surface area (Å²) in [5, 5.41) is 3.12. The maximum absolute atomic E-state index is 12.8. The molecule has 2 heterocycles. The minimum absolute atomic E-state index is 0.0331. The highest BCUT2D eigenvalue weighted by atomic mass is 16.5. The van der Waals surface area contributed by atoms with E-state index in [9.17, 15) is 9.59 Å². The normalized spacial score (nSPS) is 21.6. The Labute approximate surface area is 146 Å². The molecule has 0 bridgehead atoms. The summed E-state index contributed by atoms with van der Waals surface area (Å²) < 4.78 is 7.43. The summed E-state index contributed by atoms with van der Waals surface area (Å²) in [6.45, 7) is 0.856. The summed E-state index contributed by atoms with van der Waals surface area (Å²) in [6.07, 6.45) is 5.33. The second kappa shape index (κ2) is 8.04. The number of imidazole rings is 1. The van der Waals surface area contributed by atoms with Gasteiger partial charge in [-0.3, -0.25) is 14.2 Å². The molecule has 132 valence electrons. The van der Waals surface area contributed by atoms with Crippen LogP contribution in [0.25, 0.3) is 0 Å². The van der Waals surface area contributed by atoms with E-state index in [1.807, 2.05) is 30.3 Å². The topological polar surface area (TPSA) is 99.2 Å². The SMILES string of the molecule is NC(=O)[C@@H]1CC[C@@H]([C@H](OCc2ccccc2)C(=O)n2ccnc2)CN1. The number of hydrogen-bond donors (Lipinski definition) is 2. The van der Waals surface area contributed by atoms with Gasteiger partial charge in [-0.15, -0.1) is 0 Å². The van der Waals surface area contributed by atoms with Crippen molar-refractivity contribution in [2.24, 2.45) is 11.7 Å². The van der Waals surface area contributed by atoms with Gasteiger partial charge in [0.25, 0.3) is 5.91 Å². The lowest BCUT2D eigenvalue weighted by atomic mass is 9.89. The molecule has 1 saturated heterocycles. The summed E-state index contributed by atoms with van der Waals surface area (Å²) in [5.74, 6) is -0.548. The van der Waals surface area contributed by atoms with Gasteiger partial charge in [0.2, 0.25) is 5.91 Å². The van der Waals surface area contributed by atoms with Crippen molar-refractivity contribution < 1.29 is 14.3 Å². The van der Waals surface area contributed by atoms with Crippen LogP contribution in [0.1, 0.15) is 23.2 Å². The summed E-state index contributed by atoms with van der Waals surface area (Å²) >= 11 is 0. The summed E-state index contributed by atoms with van der Waals surface area (Å²) in [7, 11) is 0. The van der Waals surface area contributed by atoms with Gasteiger partial charge >= 0.3 is 0 Å². The third-order valence-corrected chi connectivity index (χ3v) is 4.50. The number of hydrogen-bond acceptors (Lipinski definition) is 5. The molecule has 1 fully saturated rings. The van der Waals surface area contributed by atoms with E-state index in [4.69, 9.17) is 10.5 Å². The first kappa shape index (κ1) is 17.3. The van der Waals surface area contributed by atoms with Crippen LogP contribution >= 0.6 is 0 Å². The third kappa shape index (κ3) is 4.32. The number of carbonyl (C=O) groups excluding carboxylic acids is 2. The van der Waals surface area contributed by atoms with Gasteiger partial charge in [-0.05, 0) is 18.4 Å². The standard InChI is InChI=1S/C18H22N4O3/c19-17(23)15-7-6-14(10-21-15)16(18(24)22-9-8-20-12-22)25-11-13-4-2-1-3-5-13/h1-5,8-9,12,14-16,21H,6-7,10-11H2,(H2,19,23)/t14-,15+,16+/m1/s1. The molecule has 0 radical (unpaired) electrons. The largest absolute Gasteiger partial charge is 0.368 e. The number of aromatic nitrogens is 2. The minimum Gasteiger partial charge on any atom is -0.368 e. The molecule has 3 N–H and O–H groups in total. The van der Waals surface area contributed by atoms with Crippen molar-refractivity contribution in [1.29, 1.82) is 0 Å². The number of carbonyl (C=O) groups is 2. The highest BCUT2D eigenvalue weighted by molar-refractivity contribution is 5.84. The monoisotopic (exact) mass is 342 g/mol. The highest BCUT2D eigenvalue weighted by Gasteiger charge is 2.34. The van der Waals surface area contributed by atoms with E-state index in [0.717, 1.165) is 5.56 Å². The second-order valence-corrected chi connectivity index (χ2v) is 6.23. The third-order valence-electron chi connectivity index (χ3n) is 4.50. The molecule has 3 rings (SSSR count). The Morgan fingerprint density at radius 2 is 2.12 bits per heavy atom. The van der Waals surface area contributed by atoms with Crippen LogP contribution in [-0.4, -0.2) is 40.1 Å². The molecule has 7 nitrogen and oxygen atoms in total. The number of piperidine rings is 1. The van der Waals surface area contributed by atoms with Crippen LogP contribution in [0.5, 0.6) is 0 Å². The minimum atomic E-state index is -0.615. The molecule has 0 spiro atoms. The lowest BCUT2D eigenvalue weighted by Crippen LogP contribution is -2.51. The Kier molecular flexibility index (Phi) is 5.57. The number of primary amides is 1. The Morgan fingerprint density at radius 3 is 2.72 bits per heavy atom. The zero-order chi connectivity index (χ0) is 17.6. The molecular weight excluding hydrogens is 320 g/mol. The lowest BCUT2D eigenvalue weighted by molar-refractivity contribution is -0.121. The average molecular weight is 342 g/mol. The van der Waals surface area contributed by atoms with E-state index in [-0.39, 0.29) is 23.8 Å². The molecule has 1 aromatic carbocycles. The van der Waals surface area contributed by atoms with E-state index in [2.05, 4.69) is 10.3 Å². The van der Waals surface area contributed by atoms with Gasteiger partial charge in [0.05, 0.1) is 12.6 Å². The lowest BCUT2D eigenvalue weighted by Gasteiger charge is -2.32. The fraction of sp³-hybridized carbons (Fsp3) is 0.389. The van der Waals surface area contributed by atoms with Gasteiger partial charge in [-0.2, -0.15) is 0 Å². The summed E-state index contributed by atoms with van der Waals surface area (Å²) in [6, 6.07) is 9.39. The van der Waals surface area contributed by atoms with Crippen LogP contribution < -0.4 is 11.1 Å². The Bertz CT molecular complexity index is 694. The van der Waals surface area contributed by atoms with Crippen LogP contribution in [-0.2, 0) is 16.1 Å². The molecule has 0 aliphatic carbocycles. The quantitative estimate of drug-likeness (QED) is 0.815. The molecule has 1 aliphatic rings. The summed E-state index contributed by atoms with van der Waals surface area (Å²) in [4.78, 5) is 28.1. The molecule has 25 heavy (non-hydrogen) atoms. The molecule has 0 saturated carbocycles. The maximum Gasteiger partial charge on any atom is 0.261 e. The first-order chi connectivity index (χ1) is 12.1. The van der Waals surface area contributed by atoms with Gasteiger partial charge in [0.15, 0.2) is 0 Å². The van der Waals surface area contributed by atoms with Crippen molar-refractivity contribution in [2.75, 3.05) is 6.54 Å². The van der Waals surface area contributed by atoms with Crippen LogP contribution in [0.15, 0.2) is 49.1 Å². The van der Waals surface area contributed by atoms with Gasteiger partial charge in [0, 0.05) is 24.9 Å². The zero-order valence-electron chi connectivity index (χ0n) is 13.9. The zero-order valence-corrected chi connectivity index (χ0v) is 13.9. The predicted octanol–water partition coefficient (Wildman–Crippen LogP) is 0.962. The fourth-order valence-electron chi connectivity index (χ4n) is 3.09. The molecule has 1 amide bonds. The number of rotatable bonds is 6. The van der Waals surface area contributed by atoms with Gasteiger partial charge in [0.1, 0.15) is 12.4 Å². The van der Waals surface area contributed by atoms with Gasteiger partial charge in [-0.1, -0.05) is 30.3 Å². The number of amides is 1. The fourth-order valence-corrected chi connectivity index (χ4v) is 3.09. The molecule has 7 heteroatoms. The van der Waals surface area contributed by atoms with E-state index < -0.39 is 6.10 Å². The van der Waals surface area contributed by atoms with Crippen LogP contribution in [0.2, 0.25) is 0 Å². The predicted molar refractivity (Wildman–Crippen MR) is 91.6 cm³/mol. The van der Waals surface area contributed by atoms with Crippen molar-refractivity contribution >= 4 is 11.8 Å². The molecule has 1 aromatic heterocycles. The van der Waals surface area contributed by atoms with Gasteiger partial charge < -0.3 is 15.8 Å². The van der Waals surface area contributed by atoms with Crippen molar-refractivity contribution in [2.45, 2.75) is 31.6 Å². The Balaban J connectivity index is 1.70. The van der Waals surface area contributed by atoms with Crippen molar-refractivity contribution in [3.63, 3.8) is 0 Å². The number of ether oxygens (including phenoxy) is 1. The second-order valence-electron chi connectivity index (χ2n) is 6.23. The molecule has 1 aliphatic heterocycles. The smallest absolute Gasteiger partial charge is 0.261 e. The molecule has 3 atom stereocenters. The molecular formula is C18H22N4O3. The number of nitrogens with two attached hydrogens (primary N) is 1. The summed E-state index contributed by atoms with van der Waals surface area (Å²) in [5.41, 5.74) is 6.35. The molecule has 0 unspecified atom stereocenters. The van der Waals surface area contributed by atoms with E-state index in [0.29, 0.717) is 26.0 Å². The van der Waals surface area contributed by atoms with E-state index >= 15 is 0 Å². The maximum atomic E-state index is 12.8. The first-order valence-corrected chi connectivity index (χ1v) is 8.35. The van der Waals surface area contributed by atoms with Gasteiger partial charge in [-0.25, -0.2) is 4.98 Å². The molecule has 2 aromatic rings. The highest BCUT2D eigenvalue weighted by Crippen LogP contribution is 2.22. The Hall–Kier alpha value is -2.51. The van der Waals surface area contributed by atoms with E-state index in [1.54, 1.807) is 12.4 Å². The Morgan fingerprint density at radius 1 is 1.32 bits per heavy atom. The number of nitrogens with zero attached hydrogens (tertiary/aromatic N) is 2. The first-order valence-electron chi connectivity index (χ1n) is 8.35. The van der Waals surface area contributed by atoms with Crippen molar-refractivity contribution in [3.05, 3.63) is 54.6 Å².